The molecule has 18 heavy (non-hydrogen) atoms. The second-order valence-electron chi connectivity index (χ2n) is 4.32. The molecule has 0 saturated carbocycles. The number of aryl methyl sites for hydroxylation is 1. The number of carbonyl (C=O) groups is 1. The molecule has 1 aromatic heterocycles. The highest BCUT2D eigenvalue weighted by molar-refractivity contribution is 5.97. The summed E-state index contributed by atoms with van der Waals surface area (Å²) in [5, 5.41) is 0. The standard InChI is InChI=1S/C14H17N3O/c1-4-13-15-8-9-17(13)14(18)11-6-5-7-12(10-11)16(2)3/h5-10H,4H2,1-3H3. The summed E-state index contributed by atoms with van der Waals surface area (Å²) in [5.41, 5.74) is 1.69. The molecule has 1 heterocycles. The number of hydrogen-bond donors (Lipinski definition) is 0. The molecule has 0 saturated heterocycles. The van der Waals surface area contributed by atoms with E-state index in [2.05, 4.69) is 4.98 Å². The molecule has 2 aromatic rings. The van der Waals surface area contributed by atoms with Crippen LogP contribution in [0.25, 0.3) is 0 Å². The number of anilines is 1. The Kier molecular flexibility index (Phi) is 3.46. The number of imidazole rings is 1. The van der Waals surface area contributed by atoms with Crippen LogP contribution in [0, 0.1) is 0 Å². The van der Waals surface area contributed by atoms with E-state index < -0.39 is 0 Å². The molecular formula is C14H17N3O. The van der Waals surface area contributed by atoms with Gasteiger partial charge in [-0.2, -0.15) is 0 Å². The van der Waals surface area contributed by atoms with Gasteiger partial charge in [-0.25, -0.2) is 4.98 Å². The summed E-state index contributed by atoms with van der Waals surface area (Å²) in [7, 11) is 3.91. The molecular weight excluding hydrogens is 226 g/mol. The fourth-order valence-electron chi connectivity index (χ4n) is 1.84. The summed E-state index contributed by atoms with van der Waals surface area (Å²) in [6, 6.07) is 7.59. The number of aromatic nitrogens is 2. The van der Waals surface area contributed by atoms with Gasteiger partial charge in [0.1, 0.15) is 5.82 Å². The lowest BCUT2D eigenvalue weighted by molar-refractivity contribution is 0.0956. The molecule has 0 aliphatic heterocycles. The highest BCUT2D eigenvalue weighted by atomic mass is 16.2. The molecule has 0 aliphatic carbocycles. The maximum absolute atomic E-state index is 12.4. The summed E-state index contributed by atoms with van der Waals surface area (Å²) in [5.74, 6) is 0.753. The minimum atomic E-state index is -0.0342. The molecule has 0 atom stereocenters. The third-order valence-corrected chi connectivity index (χ3v) is 2.86. The highest BCUT2D eigenvalue weighted by Gasteiger charge is 2.12. The molecule has 1 aromatic carbocycles. The van der Waals surface area contributed by atoms with E-state index >= 15 is 0 Å². The van der Waals surface area contributed by atoms with Crippen molar-refractivity contribution in [2.75, 3.05) is 19.0 Å². The van der Waals surface area contributed by atoms with E-state index in [4.69, 9.17) is 0 Å². The van der Waals surface area contributed by atoms with Crippen molar-refractivity contribution in [3.63, 3.8) is 0 Å². The molecule has 94 valence electrons. The highest BCUT2D eigenvalue weighted by Crippen LogP contribution is 2.15. The second-order valence-corrected chi connectivity index (χ2v) is 4.32. The van der Waals surface area contributed by atoms with Crippen molar-refractivity contribution >= 4 is 11.6 Å². The fourth-order valence-corrected chi connectivity index (χ4v) is 1.84. The van der Waals surface area contributed by atoms with Crippen LogP contribution in [0.5, 0.6) is 0 Å². The Hall–Kier alpha value is -2.10. The first-order chi connectivity index (χ1) is 8.63. The molecule has 4 heteroatoms. The largest absolute Gasteiger partial charge is 0.378 e. The Morgan fingerprint density at radius 3 is 2.83 bits per heavy atom. The van der Waals surface area contributed by atoms with Gasteiger partial charge in [0.2, 0.25) is 0 Å². The predicted octanol–water partition coefficient (Wildman–Crippen LogP) is 2.20. The molecule has 0 unspecified atom stereocenters. The molecule has 2 rings (SSSR count). The van der Waals surface area contributed by atoms with Gasteiger partial charge < -0.3 is 4.90 Å². The lowest BCUT2D eigenvalue weighted by atomic mass is 10.2. The lowest BCUT2D eigenvalue weighted by Crippen LogP contribution is -2.15. The summed E-state index contributed by atoms with van der Waals surface area (Å²) < 4.78 is 1.61. The van der Waals surface area contributed by atoms with Gasteiger partial charge in [-0.05, 0) is 18.2 Å². The molecule has 0 bridgehead atoms. The summed E-state index contributed by atoms with van der Waals surface area (Å²) in [4.78, 5) is 18.5. The number of nitrogens with zero attached hydrogens (tertiary/aromatic N) is 3. The van der Waals surface area contributed by atoms with E-state index in [1.807, 2.05) is 50.2 Å². The zero-order valence-electron chi connectivity index (χ0n) is 10.9. The van der Waals surface area contributed by atoms with E-state index in [9.17, 15) is 4.79 Å². The second kappa shape index (κ2) is 5.04. The number of benzene rings is 1. The quantitative estimate of drug-likeness (QED) is 0.829. The van der Waals surface area contributed by atoms with Crippen molar-refractivity contribution in [1.82, 2.24) is 9.55 Å². The molecule has 4 nitrogen and oxygen atoms in total. The van der Waals surface area contributed by atoms with Gasteiger partial charge in [-0.1, -0.05) is 13.0 Å². The average molecular weight is 243 g/mol. The van der Waals surface area contributed by atoms with E-state index in [0.717, 1.165) is 17.9 Å². The van der Waals surface area contributed by atoms with E-state index in [-0.39, 0.29) is 5.91 Å². The Morgan fingerprint density at radius 2 is 2.17 bits per heavy atom. The Bertz CT molecular complexity index is 558. The van der Waals surface area contributed by atoms with Crippen molar-refractivity contribution in [3.05, 3.63) is 48.0 Å². The Morgan fingerprint density at radius 1 is 1.39 bits per heavy atom. The van der Waals surface area contributed by atoms with Crippen molar-refractivity contribution in [2.45, 2.75) is 13.3 Å². The van der Waals surface area contributed by atoms with Crippen LogP contribution in [0.2, 0.25) is 0 Å². The fraction of sp³-hybridized carbons (Fsp3) is 0.286. The normalized spacial score (nSPS) is 10.4. The van der Waals surface area contributed by atoms with Crippen molar-refractivity contribution < 1.29 is 4.79 Å². The van der Waals surface area contributed by atoms with Crippen LogP contribution in [-0.4, -0.2) is 29.6 Å². The average Bonchev–Trinajstić information content (AvgIpc) is 2.86. The van der Waals surface area contributed by atoms with Crippen LogP contribution < -0.4 is 4.90 Å². The van der Waals surface area contributed by atoms with Crippen LogP contribution in [0.4, 0.5) is 5.69 Å². The summed E-state index contributed by atoms with van der Waals surface area (Å²) >= 11 is 0. The van der Waals surface area contributed by atoms with Gasteiger partial charge in [-0.15, -0.1) is 0 Å². The first-order valence-electron chi connectivity index (χ1n) is 5.97. The maximum Gasteiger partial charge on any atom is 0.263 e. The Labute approximate surface area is 107 Å². The molecule has 0 radical (unpaired) electrons. The zero-order chi connectivity index (χ0) is 13.1. The van der Waals surface area contributed by atoms with Gasteiger partial charge in [0.15, 0.2) is 0 Å². The third-order valence-electron chi connectivity index (χ3n) is 2.86. The molecule has 0 N–H and O–H groups in total. The molecule has 0 fully saturated rings. The van der Waals surface area contributed by atoms with Gasteiger partial charge in [0.25, 0.3) is 5.91 Å². The van der Waals surface area contributed by atoms with Gasteiger partial charge in [0.05, 0.1) is 0 Å². The van der Waals surface area contributed by atoms with Crippen LogP contribution in [0.15, 0.2) is 36.7 Å². The number of hydrogen-bond acceptors (Lipinski definition) is 3. The van der Waals surface area contributed by atoms with Crippen LogP contribution in [0.3, 0.4) is 0 Å². The van der Waals surface area contributed by atoms with Crippen LogP contribution in [0.1, 0.15) is 23.1 Å². The topological polar surface area (TPSA) is 38.1 Å². The van der Waals surface area contributed by atoms with Crippen LogP contribution in [-0.2, 0) is 6.42 Å². The molecule has 0 spiro atoms. The lowest BCUT2D eigenvalue weighted by Gasteiger charge is -2.13. The van der Waals surface area contributed by atoms with Crippen molar-refractivity contribution in [2.24, 2.45) is 0 Å². The van der Waals surface area contributed by atoms with Gasteiger partial charge in [-0.3, -0.25) is 9.36 Å². The SMILES string of the molecule is CCc1nccn1C(=O)c1cccc(N(C)C)c1. The minimum Gasteiger partial charge on any atom is -0.378 e. The van der Waals surface area contributed by atoms with Crippen molar-refractivity contribution in [1.29, 1.82) is 0 Å². The monoisotopic (exact) mass is 243 g/mol. The van der Waals surface area contributed by atoms with Crippen molar-refractivity contribution in [3.8, 4) is 0 Å². The smallest absolute Gasteiger partial charge is 0.263 e. The number of rotatable bonds is 3. The molecule has 0 amide bonds. The summed E-state index contributed by atoms with van der Waals surface area (Å²) in [6.45, 7) is 1.99. The Balaban J connectivity index is 2.37. The minimum absolute atomic E-state index is 0.0342. The van der Waals surface area contributed by atoms with Gasteiger partial charge in [0, 0.05) is 44.2 Å². The zero-order valence-corrected chi connectivity index (χ0v) is 10.9. The first-order valence-corrected chi connectivity index (χ1v) is 5.97. The summed E-state index contributed by atoms with van der Waals surface area (Å²) in [6.07, 6.45) is 4.11. The van der Waals surface area contributed by atoms with Crippen LogP contribution >= 0.6 is 0 Å². The predicted molar refractivity (Wildman–Crippen MR) is 72.1 cm³/mol. The first kappa shape index (κ1) is 12.4. The third kappa shape index (κ3) is 2.27. The van der Waals surface area contributed by atoms with E-state index in [0.29, 0.717) is 5.56 Å². The van der Waals surface area contributed by atoms with E-state index in [1.54, 1.807) is 17.0 Å². The number of carbonyl (C=O) groups excluding carboxylic acids is 1. The molecule has 0 aliphatic rings. The van der Waals surface area contributed by atoms with Gasteiger partial charge >= 0.3 is 0 Å². The van der Waals surface area contributed by atoms with E-state index in [1.165, 1.54) is 0 Å². The maximum atomic E-state index is 12.4.